The number of aromatic amines is 1. The van der Waals surface area contributed by atoms with Crippen molar-refractivity contribution in [1.82, 2.24) is 19.8 Å². The Hall–Kier alpha value is -3.43. The number of imidazole rings is 1. The number of likely N-dealkylation sites (tertiary alicyclic amines) is 1. The van der Waals surface area contributed by atoms with Crippen LogP contribution in [0.1, 0.15) is 45.5 Å². The molecule has 5 rings (SSSR count). The summed E-state index contributed by atoms with van der Waals surface area (Å²) >= 11 is 0. The summed E-state index contributed by atoms with van der Waals surface area (Å²) in [4.78, 5) is 37.4. The van der Waals surface area contributed by atoms with Crippen LogP contribution in [0.4, 0.5) is 10.5 Å². The van der Waals surface area contributed by atoms with Crippen molar-refractivity contribution in [1.29, 1.82) is 0 Å². The molecule has 196 valence electrons. The van der Waals surface area contributed by atoms with Crippen LogP contribution in [0.25, 0.3) is 22.2 Å². The van der Waals surface area contributed by atoms with E-state index in [2.05, 4.69) is 16.4 Å². The normalized spacial score (nSPS) is 20.8. The van der Waals surface area contributed by atoms with E-state index in [4.69, 9.17) is 14.5 Å². The minimum absolute atomic E-state index is 0.0614. The van der Waals surface area contributed by atoms with E-state index in [-0.39, 0.29) is 24.1 Å². The van der Waals surface area contributed by atoms with Crippen LogP contribution in [0.5, 0.6) is 0 Å². The number of benzene rings is 2. The van der Waals surface area contributed by atoms with Crippen molar-refractivity contribution < 1.29 is 19.1 Å². The van der Waals surface area contributed by atoms with E-state index in [1.165, 1.54) is 0 Å². The van der Waals surface area contributed by atoms with Gasteiger partial charge in [0.25, 0.3) is 0 Å². The Balaban J connectivity index is 1.30. The fourth-order valence-corrected chi connectivity index (χ4v) is 4.89. The van der Waals surface area contributed by atoms with Crippen molar-refractivity contribution in [3.63, 3.8) is 0 Å². The predicted octanol–water partition coefficient (Wildman–Crippen LogP) is 4.57. The molecule has 9 heteroatoms. The highest BCUT2D eigenvalue weighted by atomic mass is 16.6. The number of morpholine rings is 1. The third kappa shape index (κ3) is 5.62. The second-order valence-electron chi connectivity index (χ2n) is 10.8. The number of rotatable bonds is 4. The van der Waals surface area contributed by atoms with Crippen LogP contribution < -0.4 is 5.32 Å². The molecule has 2 N–H and O–H groups in total. The lowest BCUT2D eigenvalue weighted by molar-refractivity contribution is -0.126. The lowest BCUT2D eigenvalue weighted by atomic mass is 10.0. The number of nitrogens with zero attached hydrogens (tertiary/aromatic N) is 3. The van der Waals surface area contributed by atoms with Crippen LogP contribution in [-0.4, -0.2) is 76.8 Å². The lowest BCUT2D eigenvalue weighted by Gasteiger charge is -2.31. The zero-order chi connectivity index (χ0) is 26.2. The van der Waals surface area contributed by atoms with Crippen molar-refractivity contribution in [2.45, 2.75) is 51.3 Å². The Bertz CT molecular complexity index is 1280. The van der Waals surface area contributed by atoms with Crippen molar-refractivity contribution in [3.05, 3.63) is 48.3 Å². The molecule has 37 heavy (non-hydrogen) atoms. The summed E-state index contributed by atoms with van der Waals surface area (Å²) < 4.78 is 11.1. The van der Waals surface area contributed by atoms with Gasteiger partial charge in [0, 0.05) is 18.8 Å². The number of H-pyrrole nitrogens is 1. The van der Waals surface area contributed by atoms with Gasteiger partial charge in [-0.15, -0.1) is 0 Å². The minimum Gasteiger partial charge on any atom is -0.444 e. The van der Waals surface area contributed by atoms with Gasteiger partial charge in [-0.05, 0) is 76.1 Å². The van der Waals surface area contributed by atoms with Crippen LogP contribution in [0, 0.1) is 0 Å². The Morgan fingerprint density at radius 2 is 1.86 bits per heavy atom. The van der Waals surface area contributed by atoms with Gasteiger partial charge in [-0.3, -0.25) is 14.6 Å². The molecule has 2 aliphatic heterocycles. The second-order valence-corrected chi connectivity index (χ2v) is 10.8. The minimum atomic E-state index is -0.536. The molecule has 2 fully saturated rings. The Morgan fingerprint density at radius 1 is 1.11 bits per heavy atom. The zero-order valence-corrected chi connectivity index (χ0v) is 21.9. The summed E-state index contributed by atoms with van der Waals surface area (Å²) in [7, 11) is 1.94. The molecule has 2 atom stereocenters. The number of likely N-dealkylation sites (N-methyl/N-ethyl adjacent to an activating group) is 1. The number of carbonyl (C=O) groups excluding carboxylic acids is 2. The van der Waals surface area contributed by atoms with Crippen molar-refractivity contribution in [3.8, 4) is 11.1 Å². The molecule has 1 aromatic heterocycles. The first-order valence-corrected chi connectivity index (χ1v) is 12.9. The molecule has 0 aliphatic carbocycles. The first-order valence-electron chi connectivity index (χ1n) is 12.9. The summed E-state index contributed by atoms with van der Waals surface area (Å²) in [6.07, 6.45) is 1.46. The summed E-state index contributed by atoms with van der Waals surface area (Å²) in [5.41, 5.74) is 4.06. The Kier molecular flexibility index (Phi) is 6.92. The first-order chi connectivity index (χ1) is 17.7. The monoisotopic (exact) mass is 505 g/mol. The topological polar surface area (TPSA) is 99.8 Å². The fraction of sp³-hybridized carbons (Fsp3) is 0.464. The number of carbonyl (C=O) groups is 2. The van der Waals surface area contributed by atoms with Gasteiger partial charge in [-0.2, -0.15) is 0 Å². The third-order valence-corrected chi connectivity index (χ3v) is 6.88. The van der Waals surface area contributed by atoms with Crippen LogP contribution in [0.3, 0.4) is 0 Å². The Morgan fingerprint density at radius 3 is 2.59 bits per heavy atom. The molecule has 3 aromatic rings. The molecule has 2 amide bonds. The maximum absolute atomic E-state index is 12.7. The summed E-state index contributed by atoms with van der Waals surface area (Å²) in [6, 6.07) is 13.5. The second kappa shape index (κ2) is 10.1. The van der Waals surface area contributed by atoms with Gasteiger partial charge in [-0.25, -0.2) is 9.78 Å². The van der Waals surface area contributed by atoms with E-state index in [1.54, 1.807) is 4.90 Å². The number of aromatic nitrogens is 2. The molecular weight excluding hydrogens is 470 g/mol. The number of hydrogen-bond donors (Lipinski definition) is 2. The van der Waals surface area contributed by atoms with Gasteiger partial charge in [0.05, 0.1) is 30.3 Å². The summed E-state index contributed by atoms with van der Waals surface area (Å²) in [5, 5.41) is 2.99. The molecular formula is C28H35N5O4. The number of hydrogen-bond acceptors (Lipinski definition) is 6. The summed E-state index contributed by atoms with van der Waals surface area (Å²) in [6.45, 7) is 8.10. The summed E-state index contributed by atoms with van der Waals surface area (Å²) in [5.74, 6) is 0.721. The van der Waals surface area contributed by atoms with Gasteiger partial charge in [-0.1, -0.05) is 18.2 Å². The highest BCUT2D eigenvalue weighted by Crippen LogP contribution is 2.33. The van der Waals surface area contributed by atoms with Gasteiger partial charge in [0.2, 0.25) is 5.91 Å². The smallest absolute Gasteiger partial charge is 0.410 e. The molecule has 0 spiro atoms. The average Bonchev–Trinajstić information content (AvgIpc) is 3.50. The van der Waals surface area contributed by atoms with Crippen LogP contribution in [-0.2, 0) is 14.3 Å². The molecule has 2 aromatic carbocycles. The average molecular weight is 506 g/mol. The zero-order valence-electron chi connectivity index (χ0n) is 21.9. The molecule has 2 saturated heterocycles. The van der Waals surface area contributed by atoms with E-state index < -0.39 is 5.60 Å². The van der Waals surface area contributed by atoms with Gasteiger partial charge in [0.15, 0.2) is 0 Å². The SMILES string of the molecule is CN1CCOCC1C(=O)Nc1ccc(-c2ccc3nc(C4CCCN4C(=O)OC(C)(C)C)[nH]c3c2)cc1. The van der Waals surface area contributed by atoms with Crippen molar-refractivity contribution >= 4 is 28.7 Å². The fourth-order valence-electron chi connectivity index (χ4n) is 4.89. The van der Waals surface area contributed by atoms with Gasteiger partial charge in [0.1, 0.15) is 17.5 Å². The molecule has 9 nitrogen and oxygen atoms in total. The number of ether oxygens (including phenoxy) is 2. The van der Waals surface area contributed by atoms with E-state index in [1.807, 2.05) is 69.1 Å². The number of anilines is 1. The molecule has 2 aliphatic rings. The van der Waals surface area contributed by atoms with Gasteiger partial charge < -0.3 is 19.8 Å². The molecule has 0 bridgehead atoms. The maximum atomic E-state index is 12.7. The Labute approximate surface area is 217 Å². The number of amides is 2. The molecule has 2 unspecified atom stereocenters. The van der Waals surface area contributed by atoms with E-state index in [9.17, 15) is 9.59 Å². The number of fused-ring (bicyclic) bond motifs is 1. The standard InChI is InChI=1S/C28H35N5O4/c1-28(2,3)37-27(35)33-13-5-6-23(33)25-30-21-12-9-19(16-22(21)31-25)18-7-10-20(11-8-18)29-26(34)24-17-36-15-14-32(24)4/h7-12,16,23-24H,5-6,13-15,17H2,1-4H3,(H,29,34)(H,30,31). The highest BCUT2D eigenvalue weighted by Gasteiger charge is 2.35. The van der Waals surface area contributed by atoms with Crippen LogP contribution >= 0.6 is 0 Å². The largest absolute Gasteiger partial charge is 0.444 e. The van der Waals surface area contributed by atoms with Crippen LogP contribution in [0.2, 0.25) is 0 Å². The number of nitrogens with one attached hydrogen (secondary N) is 2. The van der Waals surface area contributed by atoms with E-state index in [0.717, 1.165) is 53.1 Å². The molecule has 0 radical (unpaired) electrons. The van der Waals surface area contributed by atoms with Crippen molar-refractivity contribution in [2.24, 2.45) is 0 Å². The van der Waals surface area contributed by atoms with E-state index >= 15 is 0 Å². The first kappa shape index (κ1) is 25.2. The highest BCUT2D eigenvalue weighted by molar-refractivity contribution is 5.95. The van der Waals surface area contributed by atoms with Crippen LogP contribution in [0.15, 0.2) is 42.5 Å². The quantitative estimate of drug-likeness (QED) is 0.539. The maximum Gasteiger partial charge on any atom is 0.410 e. The van der Waals surface area contributed by atoms with Crippen molar-refractivity contribution in [2.75, 3.05) is 38.7 Å². The third-order valence-electron chi connectivity index (χ3n) is 6.88. The lowest BCUT2D eigenvalue weighted by Crippen LogP contribution is -2.49. The molecule has 3 heterocycles. The van der Waals surface area contributed by atoms with E-state index in [0.29, 0.717) is 19.8 Å². The predicted molar refractivity (Wildman–Crippen MR) is 142 cm³/mol. The molecule has 0 saturated carbocycles. The van der Waals surface area contributed by atoms with Gasteiger partial charge >= 0.3 is 6.09 Å².